The normalized spacial score (nSPS) is 19.2. The van der Waals surface area contributed by atoms with E-state index in [0.717, 1.165) is 23.7 Å². The van der Waals surface area contributed by atoms with Gasteiger partial charge in [-0.15, -0.1) is 0 Å². The Labute approximate surface area is 107 Å². The number of nitrogens with zero attached hydrogens (tertiary/aromatic N) is 1. The summed E-state index contributed by atoms with van der Waals surface area (Å²) in [6.45, 7) is 0. The topological polar surface area (TPSA) is 51.2 Å². The molecule has 96 valence electrons. The molecule has 0 atom stereocenters. The van der Waals surface area contributed by atoms with Gasteiger partial charge in [0.05, 0.1) is 11.1 Å². The summed E-state index contributed by atoms with van der Waals surface area (Å²) in [7, 11) is 2.04. The van der Waals surface area contributed by atoms with Gasteiger partial charge in [-0.2, -0.15) is 0 Å². The first kappa shape index (κ1) is 11.6. The second kappa shape index (κ2) is 4.02. The van der Waals surface area contributed by atoms with Crippen molar-refractivity contribution in [1.29, 1.82) is 0 Å². The number of aryl methyl sites for hydroxylation is 1. The number of hydrogen-bond acceptors (Lipinski definition) is 2. The molecule has 3 rings (SSSR count). The number of aromatic hydroxyl groups is 1. The van der Waals surface area contributed by atoms with Crippen LogP contribution in [0.25, 0.3) is 10.9 Å². The van der Waals surface area contributed by atoms with Crippen molar-refractivity contribution in [3.05, 3.63) is 30.0 Å². The molecule has 1 saturated carbocycles. The molecule has 2 aromatic rings. The summed E-state index contributed by atoms with van der Waals surface area (Å²) >= 11 is 0. The van der Waals surface area contributed by atoms with E-state index >= 15 is 0 Å². The molecule has 18 heavy (non-hydrogen) atoms. The molecule has 0 unspecified atom stereocenters. The maximum absolute atomic E-state index is 9.59. The third kappa shape index (κ3) is 1.70. The summed E-state index contributed by atoms with van der Waals surface area (Å²) in [5.41, 5.74) is 8.66. The van der Waals surface area contributed by atoms with Gasteiger partial charge in [0.15, 0.2) is 0 Å². The largest absolute Gasteiger partial charge is 0.508 e. The zero-order valence-corrected chi connectivity index (χ0v) is 10.8. The van der Waals surface area contributed by atoms with Gasteiger partial charge in [0.2, 0.25) is 0 Å². The van der Waals surface area contributed by atoms with E-state index in [2.05, 4.69) is 10.6 Å². The van der Waals surface area contributed by atoms with Crippen molar-refractivity contribution in [1.82, 2.24) is 4.57 Å². The van der Waals surface area contributed by atoms with Crippen LogP contribution in [0.4, 0.5) is 0 Å². The molecule has 1 aromatic carbocycles. The smallest absolute Gasteiger partial charge is 0.117 e. The van der Waals surface area contributed by atoms with Crippen LogP contribution in [0.3, 0.4) is 0 Å². The molecule has 3 heteroatoms. The molecule has 0 spiro atoms. The Morgan fingerprint density at radius 3 is 2.61 bits per heavy atom. The maximum atomic E-state index is 9.59. The molecule has 1 heterocycles. The Morgan fingerprint density at radius 2 is 1.89 bits per heavy atom. The van der Waals surface area contributed by atoms with Crippen molar-refractivity contribution in [2.75, 3.05) is 0 Å². The Kier molecular flexibility index (Phi) is 2.59. The molecule has 1 fully saturated rings. The summed E-state index contributed by atoms with van der Waals surface area (Å²) in [5.74, 6) is 0.310. The highest BCUT2D eigenvalue weighted by molar-refractivity contribution is 5.83. The summed E-state index contributed by atoms with van der Waals surface area (Å²) in [5, 5.41) is 10.7. The minimum absolute atomic E-state index is 0.193. The first-order valence-corrected chi connectivity index (χ1v) is 6.68. The molecule has 1 aliphatic rings. The number of nitrogens with two attached hydrogens (primary N) is 1. The van der Waals surface area contributed by atoms with Crippen molar-refractivity contribution in [2.24, 2.45) is 12.8 Å². The Morgan fingerprint density at radius 1 is 1.17 bits per heavy atom. The second-order valence-electron chi connectivity index (χ2n) is 5.55. The molecule has 0 aliphatic heterocycles. The molecular weight excluding hydrogens is 224 g/mol. The van der Waals surface area contributed by atoms with E-state index in [1.807, 2.05) is 19.2 Å². The molecule has 0 amide bonds. The lowest BCUT2D eigenvalue weighted by atomic mass is 9.80. The molecule has 0 saturated heterocycles. The van der Waals surface area contributed by atoms with E-state index < -0.39 is 0 Å². The van der Waals surface area contributed by atoms with Crippen molar-refractivity contribution < 1.29 is 5.11 Å². The Bertz CT molecular complexity index is 579. The summed E-state index contributed by atoms with van der Waals surface area (Å²) in [6.07, 6.45) is 5.84. The first-order valence-electron chi connectivity index (χ1n) is 6.68. The third-order valence-electron chi connectivity index (χ3n) is 4.28. The van der Waals surface area contributed by atoms with E-state index in [1.165, 1.54) is 25.0 Å². The summed E-state index contributed by atoms with van der Waals surface area (Å²) in [6, 6.07) is 7.68. The predicted octanol–water partition coefficient (Wildman–Crippen LogP) is 3.00. The van der Waals surface area contributed by atoms with Gasteiger partial charge in [-0.3, -0.25) is 0 Å². The second-order valence-corrected chi connectivity index (χ2v) is 5.55. The maximum Gasteiger partial charge on any atom is 0.117 e. The van der Waals surface area contributed by atoms with Crippen molar-refractivity contribution >= 4 is 10.9 Å². The minimum atomic E-state index is -0.193. The molecule has 3 nitrogen and oxygen atoms in total. The van der Waals surface area contributed by atoms with Crippen LogP contribution < -0.4 is 5.73 Å². The number of benzene rings is 1. The van der Waals surface area contributed by atoms with E-state index in [0.29, 0.717) is 5.75 Å². The summed E-state index contributed by atoms with van der Waals surface area (Å²) in [4.78, 5) is 0. The summed E-state index contributed by atoms with van der Waals surface area (Å²) < 4.78 is 2.14. The zero-order chi connectivity index (χ0) is 12.8. The van der Waals surface area contributed by atoms with Gasteiger partial charge in [0.25, 0.3) is 0 Å². The van der Waals surface area contributed by atoms with E-state index in [4.69, 9.17) is 5.73 Å². The van der Waals surface area contributed by atoms with E-state index in [-0.39, 0.29) is 5.54 Å². The number of hydrogen-bond donors (Lipinski definition) is 2. The quantitative estimate of drug-likeness (QED) is 0.810. The SMILES string of the molecule is Cn1c(C2(N)CCCCC2)cc2ccc(O)cc21. The van der Waals surface area contributed by atoms with Gasteiger partial charge in [0, 0.05) is 24.2 Å². The van der Waals surface area contributed by atoms with Crippen molar-refractivity contribution in [3.8, 4) is 5.75 Å². The van der Waals surface area contributed by atoms with Crippen LogP contribution in [0.5, 0.6) is 5.75 Å². The van der Waals surface area contributed by atoms with Gasteiger partial charge in [-0.1, -0.05) is 19.3 Å². The van der Waals surface area contributed by atoms with Crippen LogP contribution in [-0.4, -0.2) is 9.67 Å². The third-order valence-corrected chi connectivity index (χ3v) is 4.28. The fraction of sp³-hybridized carbons (Fsp3) is 0.467. The van der Waals surface area contributed by atoms with Crippen molar-refractivity contribution in [3.63, 3.8) is 0 Å². The monoisotopic (exact) mass is 244 g/mol. The zero-order valence-electron chi connectivity index (χ0n) is 10.8. The number of phenolic OH excluding ortho intramolecular Hbond substituents is 1. The van der Waals surface area contributed by atoms with Crippen LogP contribution in [0.1, 0.15) is 37.8 Å². The molecular formula is C15H20N2O. The molecule has 3 N–H and O–H groups in total. The number of rotatable bonds is 1. The lowest BCUT2D eigenvalue weighted by Crippen LogP contribution is -2.40. The van der Waals surface area contributed by atoms with Crippen LogP contribution in [-0.2, 0) is 12.6 Å². The Balaban J connectivity index is 2.14. The Hall–Kier alpha value is -1.48. The highest BCUT2D eigenvalue weighted by atomic mass is 16.3. The van der Waals surface area contributed by atoms with Crippen LogP contribution in [0, 0.1) is 0 Å². The highest BCUT2D eigenvalue weighted by Gasteiger charge is 2.32. The average Bonchev–Trinajstić information content (AvgIpc) is 2.68. The highest BCUT2D eigenvalue weighted by Crippen LogP contribution is 2.37. The molecule has 1 aromatic heterocycles. The number of aromatic nitrogens is 1. The molecule has 1 aliphatic carbocycles. The first-order chi connectivity index (χ1) is 8.60. The number of phenols is 1. The minimum Gasteiger partial charge on any atom is -0.508 e. The fourth-order valence-corrected chi connectivity index (χ4v) is 3.24. The molecule has 0 bridgehead atoms. The van der Waals surface area contributed by atoms with Gasteiger partial charge in [0.1, 0.15) is 5.75 Å². The van der Waals surface area contributed by atoms with Gasteiger partial charge < -0.3 is 15.4 Å². The van der Waals surface area contributed by atoms with Gasteiger partial charge in [-0.05, 0) is 31.0 Å². The van der Waals surface area contributed by atoms with Gasteiger partial charge in [-0.25, -0.2) is 0 Å². The molecule has 0 radical (unpaired) electrons. The van der Waals surface area contributed by atoms with E-state index in [1.54, 1.807) is 6.07 Å². The standard InChI is InChI=1S/C15H20N2O/c1-17-13-10-12(18)6-5-11(13)9-14(17)15(16)7-3-2-4-8-15/h5-6,9-10,18H,2-4,7-8,16H2,1H3. The lowest BCUT2D eigenvalue weighted by Gasteiger charge is -2.34. The van der Waals surface area contributed by atoms with Crippen molar-refractivity contribution in [2.45, 2.75) is 37.6 Å². The average molecular weight is 244 g/mol. The number of fused-ring (bicyclic) bond motifs is 1. The van der Waals surface area contributed by atoms with Crippen LogP contribution in [0.15, 0.2) is 24.3 Å². The van der Waals surface area contributed by atoms with Crippen LogP contribution >= 0.6 is 0 Å². The lowest BCUT2D eigenvalue weighted by molar-refractivity contribution is 0.290. The van der Waals surface area contributed by atoms with Gasteiger partial charge >= 0.3 is 0 Å². The fourth-order valence-electron chi connectivity index (χ4n) is 3.24. The van der Waals surface area contributed by atoms with Crippen LogP contribution in [0.2, 0.25) is 0 Å². The van der Waals surface area contributed by atoms with E-state index in [9.17, 15) is 5.11 Å². The predicted molar refractivity (Wildman–Crippen MR) is 73.5 cm³/mol.